The van der Waals surface area contributed by atoms with Gasteiger partial charge in [-0.05, 0) is 6.42 Å². The van der Waals surface area contributed by atoms with Crippen LogP contribution in [0.4, 0.5) is 5.82 Å². The zero-order valence-electron chi connectivity index (χ0n) is 9.37. The highest BCUT2D eigenvalue weighted by atomic mass is 35.5. The van der Waals surface area contributed by atoms with Crippen LogP contribution in [-0.2, 0) is 0 Å². The molecule has 0 saturated heterocycles. The molecular formula is C11H16ClN3O. The van der Waals surface area contributed by atoms with Gasteiger partial charge in [0.2, 0.25) is 0 Å². The molecule has 0 radical (unpaired) electrons. The average molecular weight is 242 g/mol. The first kappa shape index (κ1) is 12.9. The van der Waals surface area contributed by atoms with Crippen molar-refractivity contribution >= 4 is 23.7 Å². The highest BCUT2D eigenvalue weighted by Crippen LogP contribution is 2.17. The first-order valence-electron chi connectivity index (χ1n) is 5.49. The van der Waals surface area contributed by atoms with E-state index in [-0.39, 0.29) is 5.15 Å². The molecule has 1 aromatic heterocycles. The van der Waals surface area contributed by atoms with Crippen LogP contribution in [0.3, 0.4) is 0 Å². The molecule has 0 saturated carbocycles. The Bertz CT molecular complexity index is 344. The number of carbonyl (C=O) groups excluding carboxylic acids is 1. The van der Waals surface area contributed by atoms with Crippen LogP contribution in [0.2, 0.25) is 5.15 Å². The van der Waals surface area contributed by atoms with Crippen LogP contribution in [0.1, 0.15) is 43.0 Å². The Labute approximate surface area is 100 Å². The van der Waals surface area contributed by atoms with Crippen LogP contribution in [0, 0.1) is 0 Å². The normalized spacial score (nSPS) is 10.1. The minimum absolute atomic E-state index is 0.195. The molecule has 4 nitrogen and oxygen atoms in total. The van der Waals surface area contributed by atoms with Gasteiger partial charge < -0.3 is 5.32 Å². The largest absolute Gasteiger partial charge is 0.369 e. The van der Waals surface area contributed by atoms with Crippen molar-refractivity contribution in [2.75, 3.05) is 11.9 Å². The Balaban J connectivity index is 2.47. The maximum absolute atomic E-state index is 10.8. The quantitative estimate of drug-likeness (QED) is 0.453. The molecular weight excluding hydrogens is 226 g/mol. The number of hydrogen-bond donors (Lipinski definition) is 1. The van der Waals surface area contributed by atoms with Gasteiger partial charge in [-0.1, -0.05) is 37.8 Å². The van der Waals surface area contributed by atoms with Gasteiger partial charge in [0.1, 0.15) is 17.3 Å². The average Bonchev–Trinajstić information content (AvgIpc) is 2.29. The summed E-state index contributed by atoms with van der Waals surface area (Å²) in [6, 6.07) is 0. The molecule has 0 aliphatic rings. The number of aldehydes is 1. The molecule has 16 heavy (non-hydrogen) atoms. The summed E-state index contributed by atoms with van der Waals surface area (Å²) in [5.41, 5.74) is 0.333. The molecule has 5 heteroatoms. The van der Waals surface area contributed by atoms with E-state index in [0.29, 0.717) is 17.7 Å². The third-order valence-electron chi connectivity index (χ3n) is 2.28. The van der Waals surface area contributed by atoms with Gasteiger partial charge in [0.25, 0.3) is 0 Å². The summed E-state index contributed by atoms with van der Waals surface area (Å²) in [6.45, 7) is 2.97. The molecule has 1 heterocycles. The van der Waals surface area contributed by atoms with Crippen molar-refractivity contribution in [3.63, 3.8) is 0 Å². The zero-order chi connectivity index (χ0) is 11.8. The standard InChI is InChI=1S/C11H16ClN3O/c1-2-3-4-5-6-13-11-9(7-16)10(12)14-8-15-11/h7-8H,2-6H2,1H3,(H,13,14,15). The second-order valence-electron chi connectivity index (χ2n) is 3.53. The minimum Gasteiger partial charge on any atom is -0.369 e. The van der Waals surface area contributed by atoms with Gasteiger partial charge >= 0.3 is 0 Å². The number of nitrogens with zero attached hydrogens (tertiary/aromatic N) is 2. The second-order valence-corrected chi connectivity index (χ2v) is 3.89. The number of aromatic nitrogens is 2. The summed E-state index contributed by atoms with van der Waals surface area (Å²) in [5, 5.41) is 3.29. The lowest BCUT2D eigenvalue weighted by molar-refractivity contribution is 0.112. The van der Waals surface area contributed by atoms with Crippen LogP contribution >= 0.6 is 11.6 Å². The van der Waals surface area contributed by atoms with Crippen molar-refractivity contribution in [1.29, 1.82) is 0 Å². The molecule has 0 fully saturated rings. The summed E-state index contributed by atoms with van der Waals surface area (Å²) < 4.78 is 0. The lowest BCUT2D eigenvalue weighted by Crippen LogP contribution is -2.07. The molecule has 0 amide bonds. The highest BCUT2D eigenvalue weighted by Gasteiger charge is 2.07. The van der Waals surface area contributed by atoms with Gasteiger partial charge in [0, 0.05) is 6.54 Å². The molecule has 0 unspecified atom stereocenters. The summed E-state index contributed by atoms with van der Waals surface area (Å²) in [6.07, 6.45) is 6.71. The Morgan fingerprint density at radius 1 is 1.38 bits per heavy atom. The van der Waals surface area contributed by atoms with Crippen molar-refractivity contribution < 1.29 is 4.79 Å². The Hall–Kier alpha value is -1.16. The highest BCUT2D eigenvalue weighted by molar-refractivity contribution is 6.32. The van der Waals surface area contributed by atoms with E-state index in [2.05, 4.69) is 22.2 Å². The molecule has 0 aliphatic carbocycles. The van der Waals surface area contributed by atoms with Gasteiger partial charge in [-0.2, -0.15) is 0 Å². The number of carbonyl (C=O) groups is 1. The molecule has 0 bridgehead atoms. The smallest absolute Gasteiger partial charge is 0.156 e. The maximum Gasteiger partial charge on any atom is 0.156 e. The van der Waals surface area contributed by atoms with Crippen LogP contribution in [0.15, 0.2) is 6.33 Å². The van der Waals surface area contributed by atoms with Crippen LogP contribution in [-0.4, -0.2) is 22.8 Å². The molecule has 0 spiro atoms. The summed E-state index contributed by atoms with van der Waals surface area (Å²) in [7, 11) is 0. The van der Waals surface area contributed by atoms with Crippen LogP contribution < -0.4 is 5.32 Å². The van der Waals surface area contributed by atoms with Crippen molar-refractivity contribution in [2.45, 2.75) is 32.6 Å². The predicted octanol–water partition coefficient (Wildman–Crippen LogP) is 2.93. The van der Waals surface area contributed by atoms with Crippen molar-refractivity contribution in [3.05, 3.63) is 17.0 Å². The van der Waals surface area contributed by atoms with E-state index >= 15 is 0 Å². The molecule has 0 atom stereocenters. The number of unbranched alkanes of at least 4 members (excludes halogenated alkanes) is 3. The van der Waals surface area contributed by atoms with E-state index in [1.165, 1.54) is 25.6 Å². The van der Waals surface area contributed by atoms with Gasteiger partial charge in [-0.15, -0.1) is 0 Å². The fourth-order valence-electron chi connectivity index (χ4n) is 1.38. The molecule has 0 aliphatic heterocycles. The van der Waals surface area contributed by atoms with E-state index in [0.717, 1.165) is 13.0 Å². The van der Waals surface area contributed by atoms with E-state index in [9.17, 15) is 4.79 Å². The summed E-state index contributed by atoms with van der Waals surface area (Å²) in [5.74, 6) is 0.520. The fourth-order valence-corrected chi connectivity index (χ4v) is 1.56. The third-order valence-corrected chi connectivity index (χ3v) is 2.58. The summed E-state index contributed by atoms with van der Waals surface area (Å²) >= 11 is 5.77. The predicted molar refractivity (Wildman–Crippen MR) is 65.1 cm³/mol. The lowest BCUT2D eigenvalue weighted by atomic mass is 10.2. The SMILES string of the molecule is CCCCCCNc1ncnc(Cl)c1C=O. The summed E-state index contributed by atoms with van der Waals surface area (Å²) in [4.78, 5) is 18.5. The van der Waals surface area contributed by atoms with Crippen LogP contribution in [0.5, 0.6) is 0 Å². The number of halogens is 1. The first-order valence-corrected chi connectivity index (χ1v) is 5.87. The maximum atomic E-state index is 10.8. The van der Waals surface area contributed by atoms with E-state index in [4.69, 9.17) is 11.6 Å². The van der Waals surface area contributed by atoms with Crippen molar-refractivity contribution in [3.8, 4) is 0 Å². The van der Waals surface area contributed by atoms with Gasteiger partial charge in [0.05, 0.1) is 5.56 Å². The molecule has 1 rings (SSSR count). The number of anilines is 1. The monoisotopic (exact) mass is 241 g/mol. The fraction of sp³-hybridized carbons (Fsp3) is 0.545. The Kier molecular flexibility index (Phi) is 5.78. The minimum atomic E-state index is 0.195. The van der Waals surface area contributed by atoms with E-state index in [1.54, 1.807) is 0 Å². The third kappa shape index (κ3) is 3.77. The van der Waals surface area contributed by atoms with E-state index in [1.807, 2.05) is 0 Å². The van der Waals surface area contributed by atoms with Crippen molar-refractivity contribution in [2.24, 2.45) is 0 Å². The first-order chi connectivity index (χ1) is 7.79. The number of hydrogen-bond acceptors (Lipinski definition) is 4. The molecule has 88 valence electrons. The zero-order valence-corrected chi connectivity index (χ0v) is 10.1. The van der Waals surface area contributed by atoms with Crippen molar-refractivity contribution in [1.82, 2.24) is 9.97 Å². The molecule has 1 N–H and O–H groups in total. The van der Waals surface area contributed by atoms with E-state index < -0.39 is 0 Å². The topological polar surface area (TPSA) is 54.9 Å². The molecule has 1 aromatic rings. The van der Waals surface area contributed by atoms with Gasteiger partial charge in [-0.3, -0.25) is 4.79 Å². The number of nitrogens with one attached hydrogen (secondary N) is 1. The van der Waals surface area contributed by atoms with Gasteiger partial charge in [0.15, 0.2) is 6.29 Å². The van der Waals surface area contributed by atoms with Gasteiger partial charge in [-0.25, -0.2) is 9.97 Å². The molecule has 0 aromatic carbocycles. The Morgan fingerprint density at radius 3 is 2.88 bits per heavy atom. The second kappa shape index (κ2) is 7.17. The van der Waals surface area contributed by atoms with Crippen LogP contribution in [0.25, 0.3) is 0 Å². The number of rotatable bonds is 7. The lowest BCUT2D eigenvalue weighted by Gasteiger charge is -2.07. The Morgan fingerprint density at radius 2 is 2.19 bits per heavy atom.